The van der Waals surface area contributed by atoms with E-state index in [1.54, 1.807) is 6.07 Å². The van der Waals surface area contributed by atoms with Gasteiger partial charge in [-0.2, -0.15) is 0 Å². The molecule has 1 aliphatic rings. The second-order valence-electron chi connectivity index (χ2n) is 5.15. The lowest BCUT2D eigenvalue weighted by molar-refractivity contribution is 0.0533. The van der Waals surface area contributed by atoms with E-state index in [1.165, 1.54) is 0 Å². The molecule has 20 heavy (non-hydrogen) atoms. The third-order valence-electron chi connectivity index (χ3n) is 3.51. The van der Waals surface area contributed by atoms with E-state index >= 15 is 0 Å². The molecule has 1 saturated heterocycles. The summed E-state index contributed by atoms with van der Waals surface area (Å²) in [6, 6.07) is 7.49. The molecule has 0 aromatic heterocycles. The molecule has 1 atom stereocenters. The number of piperazine rings is 1. The molecule has 4 nitrogen and oxygen atoms in total. The van der Waals surface area contributed by atoms with Gasteiger partial charge in [-0.25, -0.2) is 0 Å². The Hall–Kier alpha value is -1.83. The van der Waals surface area contributed by atoms with Crippen LogP contribution < -0.4 is 0 Å². The number of nitrogens with zero attached hydrogens (tertiary/aromatic N) is 2. The van der Waals surface area contributed by atoms with E-state index in [1.807, 2.05) is 23.1 Å². The Bertz CT molecular complexity index is 545. The summed E-state index contributed by atoms with van der Waals surface area (Å²) >= 11 is 0. The molecule has 1 unspecified atom stereocenters. The van der Waals surface area contributed by atoms with Gasteiger partial charge < -0.3 is 14.9 Å². The smallest absolute Gasteiger partial charge is 0.254 e. The standard InChI is InChI=1S/C16H20N2O2/c1-13-12-17(2)8-9-18(13)16(20)15-7-3-5-14(11-15)6-4-10-19/h3,5,7,11,13,19H,8-10,12H2,1-2H3. The number of benzene rings is 1. The van der Waals surface area contributed by atoms with Crippen LogP contribution in [-0.4, -0.2) is 60.1 Å². The second kappa shape index (κ2) is 6.56. The van der Waals surface area contributed by atoms with E-state index < -0.39 is 0 Å². The number of amides is 1. The average Bonchev–Trinajstić information content (AvgIpc) is 2.45. The minimum Gasteiger partial charge on any atom is -0.384 e. The average molecular weight is 272 g/mol. The van der Waals surface area contributed by atoms with Gasteiger partial charge in [0, 0.05) is 36.8 Å². The number of aliphatic hydroxyl groups is 1. The van der Waals surface area contributed by atoms with Crippen molar-refractivity contribution in [2.24, 2.45) is 0 Å². The molecule has 0 saturated carbocycles. The number of carbonyl (C=O) groups excluding carboxylic acids is 1. The number of hydrogen-bond donors (Lipinski definition) is 1. The fourth-order valence-electron chi connectivity index (χ4n) is 2.48. The number of aliphatic hydroxyl groups excluding tert-OH is 1. The maximum atomic E-state index is 12.6. The van der Waals surface area contributed by atoms with E-state index in [0.717, 1.165) is 25.2 Å². The summed E-state index contributed by atoms with van der Waals surface area (Å²) in [5.41, 5.74) is 1.41. The van der Waals surface area contributed by atoms with Crippen LogP contribution in [0, 0.1) is 11.8 Å². The minimum absolute atomic E-state index is 0.0539. The largest absolute Gasteiger partial charge is 0.384 e. The number of likely N-dealkylation sites (N-methyl/N-ethyl adjacent to an activating group) is 1. The highest BCUT2D eigenvalue weighted by molar-refractivity contribution is 5.94. The molecule has 1 aromatic carbocycles. The van der Waals surface area contributed by atoms with Gasteiger partial charge in [0.25, 0.3) is 5.91 Å². The molecular weight excluding hydrogens is 252 g/mol. The lowest BCUT2D eigenvalue weighted by atomic mass is 10.1. The van der Waals surface area contributed by atoms with Crippen molar-refractivity contribution in [1.29, 1.82) is 0 Å². The zero-order valence-corrected chi connectivity index (χ0v) is 12.0. The van der Waals surface area contributed by atoms with Crippen LogP contribution in [0.4, 0.5) is 0 Å². The van der Waals surface area contributed by atoms with Gasteiger partial charge >= 0.3 is 0 Å². The SMILES string of the molecule is CC1CN(C)CCN1C(=O)c1cccc(C#CCO)c1. The van der Waals surface area contributed by atoms with E-state index in [9.17, 15) is 4.79 Å². The van der Waals surface area contributed by atoms with Gasteiger partial charge in [0.2, 0.25) is 0 Å². The van der Waals surface area contributed by atoms with Gasteiger partial charge in [0.1, 0.15) is 6.61 Å². The summed E-state index contributed by atoms with van der Waals surface area (Å²) in [7, 11) is 2.07. The van der Waals surface area contributed by atoms with Crippen LogP contribution in [-0.2, 0) is 0 Å². The zero-order valence-electron chi connectivity index (χ0n) is 12.0. The molecule has 0 aliphatic carbocycles. The summed E-state index contributed by atoms with van der Waals surface area (Å²) in [4.78, 5) is 16.7. The second-order valence-corrected chi connectivity index (χ2v) is 5.15. The quantitative estimate of drug-likeness (QED) is 0.769. The number of hydrogen-bond acceptors (Lipinski definition) is 3. The molecular formula is C16H20N2O2. The molecule has 1 fully saturated rings. The fourth-order valence-corrected chi connectivity index (χ4v) is 2.48. The van der Waals surface area contributed by atoms with E-state index in [-0.39, 0.29) is 18.6 Å². The predicted molar refractivity (Wildman–Crippen MR) is 78.4 cm³/mol. The van der Waals surface area contributed by atoms with Crippen molar-refractivity contribution in [2.45, 2.75) is 13.0 Å². The molecule has 1 aromatic rings. The van der Waals surface area contributed by atoms with Crippen molar-refractivity contribution in [3.8, 4) is 11.8 Å². The Morgan fingerprint density at radius 1 is 1.45 bits per heavy atom. The van der Waals surface area contributed by atoms with Gasteiger partial charge in [-0.05, 0) is 32.2 Å². The van der Waals surface area contributed by atoms with E-state index in [2.05, 4.69) is 30.7 Å². The van der Waals surface area contributed by atoms with Crippen LogP contribution in [0.5, 0.6) is 0 Å². The first-order valence-corrected chi connectivity index (χ1v) is 6.81. The Morgan fingerprint density at radius 2 is 2.25 bits per heavy atom. The summed E-state index contributed by atoms with van der Waals surface area (Å²) in [5, 5.41) is 8.72. The Balaban J connectivity index is 2.16. The first kappa shape index (κ1) is 14.6. The molecule has 1 heterocycles. The first-order chi connectivity index (χ1) is 9.61. The predicted octanol–water partition coefficient (Wildman–Crippen LogP) is 0.806. The Morgan fingerprint density at radius 3 is 2.95 bits per heavy atom. The normalized spacial score (nSPS) is 19.4. The van der Waals surface area contributed by atoms with Gasteiger partial charge in [-0.3, -0.25) is 4.79 Å². The van der Waals surface area contributed by atoms with Crippen LogP contribution in [0.15, 0.2) is 24.3 Å². The molecule has 4 heteroatoms. The van der Waals surface area contributed by atoms with E-state index in [0.29, 0.717) is 5.56 Å². The summed E-state index contributed by atoms with van der Waals surface area (Å²) in [6.45, 7) is 4.45. The summed E-state index contributed by atoms with van der Waals surface area (Å²) in [5.74, 6) is 5.48. The molecule has 0 radical (unpaired) electrons. The molecule has 0 bridgehead atoms. The Kier molecular flexibility index (Phi) is 4.78. The van der Waals surface area contributed by atoms with Crippen LogP contribution >= 0.6 is 0 Å². The monoisotopic (exact) mass is 272 g/mol. The Labute approximate surface area is 120 Å². The van der Waals surface area contributed by atoms with Crippen LogP contribution in [0.25, 0.3) is 0 Å². The highest BCUT2D eigenvalue weighted by Crippen LogP contribution is 2.14. The van der Waals surface area contributed by atoms with Gasteiger partial charge in [0.15, 0.2) is 0 Å². The lowest BCUT2D eigenvalue weighted by Crippen LogP contribution is -2.52. The fraction of sp³-hybridized carbons (Fsp3) is 0.438. The molecule has 1 N–H and O–H groups in total. The maximum absolute atomic E-state index is 12.6. The van der Waals surface area contributed by atoms with Crippen molar-refractivity contribution >= 4 is 5.91 Å². The minimum atomic E-state index is -0.173. The third-order valence-corrected chi connectivity index (χ3v) is 3.51. The number of carbonyl (C=O) groups is 1. The van der Waals surface area contributed by atoms with Crippen LogP contribution in [0.2, 0.25) is 0 Å². The molecule has 1 aliphatic heterocycles. The van der Waals surface area contributed by atoms with Crippen LogP contribution in [0.1, 0.15) is 22.8 Å². The molecule has 106 valence electrons. The van der Waals surface area contributed by atoms with Gasteiger partial charge in [0.05, 0.1) is 0 Å². The van der Waals surface area contributed by atoms with Crippen molar-refractivity contribution in [3.05, 3.63) is 35.4 Å². The zero-order chi connectivity index (χ0) is 14.5. The van der Waals surface area contributed by atoms with Gasteiger partial charge in [-0.1, -0.05) is 17.9 Å². The summed E-state index contributed by atoms with van der Waals surface area (Å²) < 4.78 is 0. The van der Waals surface area contributed by atoms with E-state index in [4.69, 9.17) is 5.11 Å². The molecule has 0 spiro atoms. The van der Waals surface area contributed by atoms with Crippen molar-refractivity contribution in [2.75, 3.05) is 33.3 Å². The van der Waals surface area contributed by atoms with Gasteiger partial charge in [-0.15, -0.1) is 0 Å². The maximum Gasteiger partial charge on any atom is 0.254 e. The number of rotatable bonds is 1. The highest BCUT2D eigenvalue weighted by atomic mass is 16.2. The lowest BCUT2D eigenvalue weighted by Gasteiger charge is -2.38. The molecule has 2 rings (SSSR count). The van der Waals surface area contributed by atoms with Crippen molar-refractivity contribution < 1.29 is 9.90 Å². The first-order valence-electron chi connectivity index (χ1n) is 6.81. The summed E-state index contributed by atoms with van der Waals surface area (Å²) in [6.07, 6.45) is 0. The van der Waals surface area contributed by atoms with Crippen LogP contribution in [0.3, 0.4) is 0 Å². The highest BCUT2D eigenvalue weighted by Gasteiger charge is 2.26. The third kappa shape index (κ3) is 3.38. The topological polar surface area (TPSA) is 43.8 Å². The van der Waals surface area contributed by atoms with Crippen molar-refractivity contribution in [1.82, 2.24) is 9.80 Å². The molecule has 1 amide bonds. The van der Waals surface area contributed by atoms with Crippen molar-refractivity contribution in [3.63, 3.8) is 0 Å².